The highest BCUT2D eigenvalue weighted by atomic mass is 16.1. The fourth-order valence-corrected chi connectivity index (χ4v) is 5.84. The molecule has 0 aliphatic heterocycles. The van der Waals surface area contributed by atoms with Gasteiger partial charge in [0.15, 0.2) is 0 Å². The number of pyridine rings is 2. The van der Waals surface area contributed by atoms with Crippen LogP contribution in [0.1, 0.15) is 74.1 Å². The van der Waals surface area contributed by atoms with Crippen molar-refractivity contribution in [3.05, 3.63) is 89.5 Å². The summed E-state index contributed by atoms with van der Waals surface area (Å²) in [5.74, 6) is 0.0401. The minimum atomic E-state index is -0.441. The molecule has 0 saturated heterocycles. The first-order chi connectivity index (χ1) is 17.8. The summed E-state index contributed by atoms with van der Waals surface area (Å²) < 4.78 is 2.30. The summed E-state index contributed by atoms with van der Waals surface area (Å²) >= 11 is 0. The van der Waals surface area contributed by atoms with Gasteiger partial charge >= 0.3 is 0 Å². The van der Waals surface area contributed by atoms with Gasteiger partial charge in [0.1, 0.15) is 5.65 Å². The maximum atomic E-state index is 11.7. The Morgan fingerprint density at radius 2 is 1.76 bits per heavy atom. The molecule has 1 aliphatic rings. The van der Waals surface area contributed by atoms with E-state index in [-0.39, 0.29) is 6.04 Å². The van der Waals surface area contributed by atoms with Crippen molar-refractivity contribution in [2.24, 2.45) is 11.7 Å². The molecular weight excluding hydrogens is 458 g/mol. The smallest absolute Gasteiger partial charge is 0.248 e. The normalized spacial score (nSPS) is 14.6. The number of allylic oxidation sites excluding steroid dienone is 2. The number of fused-ring (bicyclic) bond motifs is 1. The molecule has 1 unspecified atom stereocenters. The molecule has 1 aliphatic carbocycles. The van der Waals surface area contributed by atoms with Gasteiger partial charge in [0, 0.05) is 52.0 Å². The van der Waals surface area contributed by atoms with Gasteiger partial charge in [-0.1, -0.05) is 36.6 Å². The number of primary amides is 1. The molecule has 3 N–H and O–H groups in total. The van der Waals surface area contributed by atoms with Gasteiger partial charge in [-0.2, -0.15) is 0 Å². The number of carbonyl (C=O) groups excluding carboxylic acids is 1. The lowest BCUT2D eigenvalue weighted by atomic mass is 9.94. The van der Waals surface area contributed by atoms with Crippen LogP contribution < -0.4 is 5.73 Å². The molecule has 6 nitrogen and oxygen atoms in total. The van der Waals surface area contributed by atoms with Crippen LogP contribution in [0.5, 0.6) is 0 Å². The van der Waals surface area contributed by atoms with Gasteiger partial charge in [0.25, 0.3) is 0 Å². The molecule has 0 spiro atoms. The van der Waals surface area contributed by atoms with E-state index in [1.54, 1.807) is 12.1 Å². The second-order valence-corrected chi connectivity index (χ2v) is 10.2. The monoisotopic (exact) mass is 491 g/mol. The quantitative estimate of drug-likeness (QED) is 0.278. The predicted octanol–water partition coefficient (Wildman–Crippen LogP) is 6.81. The standard InChI is InChI=1S/C31H33N5O/c1-19(2)28(20(3)32)24-16-25-26(21-11-13-23(14-12-21)30(33)37)18-36(31(25)35-17-24)29(22-8-4-5-9-22)27-10-6-7-15-34-27/h6-7,10-18,22,29,32H,4-5,8-9H2,1-3H3,(H2,33,37). The molecule has 0 radical (unpaired) electrons. The molecule has 3 heterocycles. The van der Waals surface area contributed by atoms with Crippen molar-refractivity contribution in [3.63, 3.8) is 0 Å². The van der Waals surface area contributed by atoms with Crippen LogP contribution in [0.4, 0.5) is 0 Å². The molecular formula is C31H33N5O. The number of nitrogens with one attached hydrogen (secondary N) is 1. The Hall–Kier alpha value is -4.06. The van der Waals surface area contributed by atoms with Crippen LogP contribution in [0.15, 0.2) is 72.7 Å². The van der Waals surface area contributed by atoms with Crippen LogP contribution in [-0.2, 0) is 0 Å². The molecule has 1 saturated carbocycles. The zero-order chi connectivity index (χ0) is 26.1. The minimum Gasteiger partial charge on any atom is -0.366 e. The van der Waals surface area contributed by atoms with Crippen molar-refractivity contribution >= 4 is 28.2 Å². The first-order valence-electron chi connectivity index (χ1n) is 12.9. The second kappa shape index (κ2) is 10.1. The molecule has 37 heavy (non-hydrogen) atoms. The van der Waals surface area contributed by atoms with E-state index in [1.807, 2.05) is 51.4 Å². The third-order valence-corrected chi connectivity index (χ3v) is 7.45. The largest absolute Gasteiger partial charge is 0.366 e. The third kappa shape index (κ3) is 4.71. The lowest BCUT2D eigenvalue weighted by Gasteiger charge is -2.25. The molecule has 0 bridgehead atoms. The van der Waals surface area contributed by atoms with Gasteiger partial charge in [0.2, 0.25) is 5.91 Å². The molecule has 188 valence electrons. The van der Waals surface area contributed by atoms with Gasteiger partial charge in [-0.3, -0.25) is 9.78 Å². The average molecular weight is 492 g/mol. The van der Waals surface area contributed by atoms with Gasteiger partial charge in [-0.15, -0.1) is 0 Å². The molecule has 1 fully saturated rings. The van der Waals surface area contributed by atoms with Crippen LogP contribution in [0.3, 0.4) is 0 Å². The number of hydrogen-bond acceptors (Lipinski definition) is 4. The van der Waals surface area contributed by atoms with E-state index in [2.05, 4.69) is 29.0 Å². The lowest BCUT2D eigenvalue weighted by Crippen LogP contribution is -2.19. The Labute approximate surface area is 217 Å². The molecule has 5 rings (SSSR count). The molecule has 1 atom stereocenters. The van der Waals surface area contributed by atoms with Gasteiger partial charge < -0.3 is 15.7 Å². The number of aromatic nitrogens is 3. The van der Waals surface area contributed by atoms with Crippen molar-refractivity contribution in [3.8, 4) is 11.1 Å². The van der Waals surface area contributed by atoms with Crippen molar-refractivity contribution in [2.75, 3.05) is 0 Å². The maximum Gasteiger partial charge on any atom is 0.248 e. The second-order valence-electron chi connectivity index (χ2n) is 10.2. The number of amides is 1. The molecule has 6 heteroatoms. The molecule has 4 aromatic rings. The van der Waals surface area contributed by atoms with Gasteiger partial charge in [-0.25, -0.2) is 4.98 Å². The molecule has 3 aromatic heterocycles. The molecule has 1 aromatic carbocycles. The highest BCUT2D eigenvalue weighted by Gasteiger charge is 2.31. The zero-order valence-electron chi connectivity index (χ0n) is 21.7. The Morgan fingerprint density at radius 3 is 2.35 bits per heavy atom. The summed E-state index contributed by atoms with van der Waals surface area (Å²) in [7, 11) is 0. The van der Waals surface area contributed by atoms with Crippen molar-refractivity contribution < 1.29 is 4.79 Å². The SMILES string of the molecule is CC(=N)C(=C(C)C)c1cnc2c(c1)c(-c1ccc(C(N)=O)cc1)cn2C(c1ccccn1)C1CCCC1. The van der Waals surface area contributed by atoms with Crippen LogP contribution >= 0.6 is 0 Å². The van der Waals surface area contributed by atoms with E-state index in [4.69, 9.17) is 21.1 Å². The van der Waals surface area contributed by atoms with Crippen molar-refractivity contribution in [1.82, 2.24) is 14.5 Å². The third-order valence-electron chi connectivity index (χ3n) is 7.45. The highest BCUT2D eigenvalue weighted by molar-refractivity contribution is 6.22. The minimum absolute atomic E-state index is 0.0793. The number of rotatable bonds is 7. The van der Waals surface area contributed by atoms with E-state index < -0.39 is 5.91 Å². The van der Waals surface area contributed by atoms with E-state index in [0.29, 0.717) is 17.2 Å². The Kier molecular flexibility index (Phi) is 6.74. The Morgan fingerprint density at radius 1 is 1.03 bits per heavy atom. The molecule has 1 amide bonds. The van der Waals surface area contributed by atoms with Gasteiger partial charge in [0.05, 0.1) is 11.7 Å². The van der Waals surface area contributed by atoms with Crippen LogP contribution in [0, 0.1) is 11.3 Å². The number of benzene rings is 1. The maximum absolute atomic E-state index is 11.7. The summed E-state index contributed by atoms with van der Waals surface area (Å²) in [6, 6.07) is 15.8. The van der Waals surface area contributed by atoms with Crippen molar-refractivity contribution in [2.45, 2.75) is 52.5 Å². The Bertz CT molecular complexity index is 1490. The Balaban J connectivity index is 1.76. The van der Waals surface area contributed by atoms with E-state index in [1.165, 1.54) is 12.8 Å². The summed E-state index contributed by atoms with van der Waals surface area (Å²) in [5, 5.41) is 9.38. The summed E-state index contributed by atoms with van der Waals surface area (Å²) in [5.41, 5.74) is 13.4. The van der Waals surface area contributed by atoms with E-state index in [9.17, 15) is 4.79 Å². The average Bonchev–Trinajstić information content (AvgIpc) is 3.54. The first-order valence-corrected chi connectivity index (χ1v) is 12.9. The number of nitrogens with zero attached hydrogens (tertiary/aromatic N) is 3. The lowest BCUT2D eigenvalue weighted by molar-refractivity contribution is 0.100. The fraction of sp³-hybridized carbons (Fsp3) is 0.290. The fourth-order valence-electron chi connectivity index (χ4n) is 5.84. The number of hydrogen-bond donors (Lipinski definition) is 2. The summed E-state index contributed by atoms with van der Waals surface area (Å²) in [6.07, 6.45) is 10.7. The highest BCUT2D eigenvalue weighted by Crippen LogP contribution is 2.42. The van der Waals surface area contributed by atoms with Crippen LogP contribution in [0.2, 0.25) is 0 Å². The van der Waals surface area contributed by atoms with Crippen LogP contribution in [0.25, 0.3) is 27.7 Å². The summed E-state index contributed by atoms with van der Waals surface area (Å²) in [6.45, 7) is 5.88. The summed E-state index contributed by atoms with van der Waals surface area (Å²) in [4.78, 5) is 21.5. The van der Waals surface area contributed by atoms with Crippen molar-refractivity contribution in [1.29, 1.82) is 5.41 Å². The first kappa shape index (κ1) is 24.6. The van der Waals surface area contributed by atoms with Gasteiger partial charge in [-0.05, 0) is 75.4 Å². The zero-order valence-corrected chi connectivity index (χ0v) is 21.7. The van der Waals surface area contributed by atoms with E-state index >= 15 is 0 Å². The predicted molar refractivity (Wildman–Crippen MR) is 150 cm³/mol. The topological polar surface area (TPSA) is 97.7 Å². The van der Waals surface area contributed by atoms with Crippen LogP contribution in [-0.4, -0.2) is 26.2 Å². The number of nitrogens with two attached hydrogens (primary N) is 1. The number of carbonyl (C=O) groups is 1. The van der Waals surface area contributed by atoms with E-state index in [0.717, 1.165) is 57.4 Å².